The zero-order valence-electron chi connectivity index (χ0n) is 13.8. The van der Waals surface area contributed by atoms with E-state index < -0.39 is 10.0 Å². The van der Waals surface area contributed by atoms with Crippen LogP contribution in [-0.2, 0) is 10.0 Å². The molecule has 0 aliphatic carbocycles. The highest BCUT2D eigenvalue weighted by Crippen LogP contribution is 2.45. The number of hydrogen-bond acceptors (Lipinski definition) is 2. The van der Waals surface area contributed by atoms with Gasteiger partial charge >= 0.3 is 0 Å². The molecule has 0 aromatic heterocycles. The second-order valence-electron chi connectivity index (χ2n) is 6.62. The third-order valence-electron chi connectivity index (χ3n) is 4.65. The SMILES string of the molecule is Cc1ccc(S(=O)(=O)N2[C@@H](C(C)C)C[C@H]2c2ccccc2)cc1. The van der Waals surface area contributed by atoms with E-state index in [0.717, 1.165) is 17.5 Å². The van der Waals surface area contributed by atoms with Crippen LogP contribution >= 0.6 is 0 Å². The topological polar surface area (TPSA) is 37.4 Å². The van der Waals surface area contributed by atoms with Gasteiger partial charge in [0.15, 0.2) is 0 Å². The molecule has 2 aromatic carbocycles. The van der Waals surface area contributed by atoms with E-state index in [2.05, 4.69) is 13.8 Å². The molecule has 1 aliphatic heterocycles. The van der Waals surface area contributed by atoms with Crippen molar-refractivity contribution in [1.82, 2.24) is 4.31 Å². The Labute approximate surface area is 139 Å². The Hall–Kier alpha value is -1.65. The highest BCUT2D eigenvalue weighted by molar-refractivity contribution is 7.89. The molecule has 0 N–H and O–H groups in total. The molecule has 122 valence electrons. The van der Waals surface area contributed by atoms with Crippen LogP contribution in [-0.4, -0.2) is 18.8 Å². The molecule has 0 unspecified atom stereocenters. The van der Waals surface area contributed by atoms with Gasteiger partial charge in [0.05, 0.1) is 10.9 Å². The lowest BCUT2D eigenvalue weighted by Gasteiger charge is -2.49. The smallest absolute Gasteiger partial charge is 0.207 e. The van der Waals surface area contributed by atoms with Crippen LogP contribution in [0.5, 0.6) is 0 Å². The normalized spacial score (nSPS) is 22.1. The average Bonchev–Trinajstić information content (AvgIpc) is 2.47. The van der Waals surface area contributed by atoms with Gasteiger partial charge in [-0.15, -0.1) is 0 Å². The standard InChI is InChI=1S/C19H23NO2S/c1-14(2)18-13-19(16-7-5-4-6-8-16)20(18)23(21,22)17-11-9-15(3)10-12-17/h4-12,14,18-19H,13H2,1-3H3/t18-,19+/m1/s1. The minimum atomic E-state index is -3.48. The fraction of sp³-hybridized carbons (Fsp3) is 0.368. The molecule has 3 nitrogen and oxygen atoms in total. The summed E-state index contributed by atoms with van der Waals surface area (Å²) in [6.45, 7) is 6.14. The third-order valence-corrected chi connectivity index (χ3v) is 6.60. The minimum Gasteiger partial charge on any atom is -0.207 e. The summed E-state index contributed by atoms with van der Waals surface area (Å²) in [6.07, 6.45) is 0.882. The molecule has 23 heavy (non-hydrogen) atoms. The van der Waals surface area contributed by atoms with E-state index in [1.54, 1.807) is 16.4 Å². The van der Waals surface area contributed by atoms with Crippen LogP contribution in [0.15, 0.2) is 59.5 Å². The summed E-state index contributed by atoms with van der Waals surface area (Å²) in [4.78, 5) is 0.384. The van der Waals surface area contributed by atoms with Crippen molar-refractivity contribution in [2.75, 3.05) is 0 Å². The lowest BCUT2D eigenvalue weighted by molar-refractivity contribution is 0.0745. The summed E-state index contributed by atoms with van der Waals surface area (Å²) in [5.74, 6) is 0.301. The van der Waals surface area contributed by atoms with Gasteiger partial charge in [-0.05, 0) is 37.0 Å². The summed E-state index contributed by atoms with van der Waals surface area (Å²) < 4.78 is 28.0. The van der Waals surface area contributed by atoms with Crippen molar-refractivity contribution in [1.29, 1.82) is 0 Å². The molecule has 0 spiro atoms. The molecule has 0 amide bonds. The summed E-state index contributed by atoms with van der Waals surface area (Å²) in [5.41, 5.74) is 2.13. The molecule has 0 radical (unpaired) electrons. The number of sulfonamides is 1. The Kier molecular flexibility index (Phi) is 4.30. The van der Waals surface area contributed by atoms with Crippen LogP contribution in [0, 0.1) is 12.8 Å². The molecule has 2 aromatic rings. The number of hydrogen-bond donors (Lipinski definition) is 0. The van der Waals surface area contributed by atoms with Gasteiger partial charge in [0.25, 0.3) is 0 Å². The van der Waals surface area contributed by atoms with Gasteiger partial charge in [-0.2, -0.15) is 4.31 Å². The maximum atomic E-state index is 13.2. The van der Waals surface area contributed by atoms with Crippen molar-refractivity contribution in [2.45, 2.75) is 44.2 Å². The lowest BCUT2D eigenvalue weighted by Crippen LogP contribution is -2.55. The fourth-order valence-electron chi connectivity index (χ4n) is 3.23. The number of benzene rings is 2. The van der Waals surface area contributed by atoms with Crippen LogP contribution < -0.4 is 0 Å². The summed E-state index contributed by atoms with van der Waals surface area (Å²) >= 11 is 0. The van der Waals surface area contributed by atoms with Crippen LogP contribution in [0.3, 0.4) is 0 Å². The summed E-state index contributed by atoms with van der Waals surface area (Å²) in [5, 5.41) is 0. The quantitative estimate of drug-likeness (QED) is 0.845. The van der Waals surface area contributed by atoms with Gasteiger partial charge < -0.3 is 0 Å². The van der Waals surface area contributed by atoms with E-state index in [1.807, 2.05) is 49.4 Å². The molecule has 1 heterocycles. The first kappa shape index (κ1) is 16.2. The summed E-state index contributed by atoms with van der Waals surface area (Å²) in [7, 11) is -3.48. The van der Waals surface area contributed by atoms with Crippen LogP contribution in [0.1, 0.15) is 37.4 Å². The Morgan fingerprint density at radius 2 is 1.61 bits per heavy atom. The van der Waals surface area contributed by atoms with E-state index in [0.29, 0.717) is 10.8 Å². The van der Waals surface area contributed by atoms with Crippen molar-refractivity contribution in [3.05, 3.63) is 65.7 Å². The molecule has 2 atom stereocenters. The van der Waals surface area contributed by atoms with Gasteiger partial charge in [0, 0.05) is 6.04 Å². The van der Waals surface area contributed by atoms with Gasteiger partial charge in [0.2, 0.25) is 10.0 Å². The third kappa shape index (κ3) is 2.93. The molecular weight excluding hydrogens is 306 g/mol. The van der Waals surface area contributed by atoms with Crippen LogP contribution in [0.2, 0.25) is 0 Å². The maximum absolute atomic E-state index is 13.2. The summed E-state index contributed by atoms with van der Waals surface area (Å²) in [6, 6.07) is 17.1. The first-order valence-electron chi connectivity index (χ1n) is 8.06. The van der Waals surface area contributed by atoms with Crippen molar-refractivity contribution in [2.24, 2.45) is 5.92 Å². The molecule has 1 fully saturated rings. The molecule has 4 heteroatoms. The van der Waals surface area contributed by atoms with Gasteiger partial charge in [0.1, 0.15) is 0 Å². The Morgan fingerprint density at radius 3 is 2.17 bits per heavy atom. The molecule has 1 saturated heterocycles. The molecular formula is C19H23NO2S. The molecule has 0 bridgehead atoms. The van der Waals surface area contributed by atoms with Crippen molar-refractivity contribution < 1.29 is 8.42 Å². The van der Waals surface area contributed by atoms with Crippen LogP contribution in [0.25, 0.3) is 0 Å². The van der Waals surface area contributed by atoms with Gasteiger partial charge in [-0.3, -0.25) is 0 Å². The molecule has 1 aliphatic rings. The van der Waals surface area contributed by atoms with E-state index >= 15 is 0 Å². The van der Waals surface area contributed by atoms with E-state index in [4.69, 9.17) is 0 Å². The van der Waals surface area contributed by atoms with Gasteiger partial charge in [-0.25, -0.2) is 8.42 Å². The number of nitrogens with zero attached hydrogens (tertiary/aromatic N) is 1. The van der Waals surface area contributed by atoms with E-state index in [-0.39, 0.29) is 12.1 Å². The highest BCUT2D eigenvalue weighted by Gasteiger charge is 2.48. The second-order valence-corrected chi connectivity index (χ2v) is 8.46. The Bertz CT molecular complexity index is 767. The Balaban J connectivity index is 1.99. The largest absolute Gasteiger partial charge is 0.243 e. The van der Waals surface area contributed by atoms with E-state index in [9.17, 15) is 8.42 Å². The Morgan fingerprint density at radius 1 is 1.00 bits per heavy atom. The zero-order chi connectivity index (χ0) is 16.6. The zero-order valence-corrected chi connectivity index (χ0v) is 14.6. The average molecular weight is 329 g/mol. The predicted octanol–water partition coefficient (Wildman–Crippen LogP) is 4.16. The molecule has 3 rings (SSSR count). The molecule has 0 saturated carbocycles. The number of aryl methyl sites for hydroxylation is 1. The lowest BCUT2D eigenvalue weighted by atomic mass is 9.84. The fourth-order valence-corrected chi connectivity index (χ4v) is 5.18. The number of rotatable bonds is 4. The minimum absolute atomic E-state index is 0.0603. The van der Waals surface area contributed by atoms with Crippen molar-refractivity contribution in [3.63, 3.8) is 0 Å². The maximum Gasteiger partial charge on any atom is 0.243 e. The first-order chi connectivity index (χ1) is 10.9. The highest BCUT2D eigenvalue weighted by atomic mass is 32.2. The van der Waals surface area contributed by atoms with Gasteiger partial charge in [-0.1, -0.05) is 61.9 Å². The van der Waals surface area contributed by atoms with Crippen molar-refractivity contribution >= 4 is 10.0 Å². The van der Waals surface area contributed by atoms with Crippen molar-refractivity contribution in [3.8, 4) is 0 Å². The second kappa shape index (κ2) is 6.10. The van der Waals surface area contributed by atoms with E-state index in [1.165, 1.54) is 0 Å². The predicted molar refractivity (Wildman–Crippen MR) is 92.6 cm³/mol. The first-order valence-corrected chi connectivity index (χ1v) is 9.50. The van der Waals surface area contributed by atoms with Crippen LogP contribution in [0.4, 0.5) is 0 Å². The monoisotopic (exact) mass is 329 g/mol.